The van der Waals surface area contributed by atoms with Gasteiger partial charge in [0.15, 0.2) is 0 Å². The highest BCUT2D eigenvalue weighted by Crippen LogP contribution is 2.03. The van der Waals surface area contributed by atoms with Crippen molar-refractivity contribution in [2.75, 3.05) is 5.75 Å². The number of rotatable bonds is 9. The molecule has 6 N–H and O–H groups in total. The second kappa shape index (κ2) is 10.1. The van der Waals surface area contributed by atoms with Gasteiger partial charge < -0.3 is 26.8 Å². The summed E-state index contributed by atoms with van der Waals surface area (Å²) in [6, 6.07) is -3.78. The van der Waals surface area contributed by atoms with E-state index in [1.165, 1.54) is 13.8 Å². The van der Waals surface area contributed by atoms with Gasteiger partial charge in [-0.3, -0.25) is 14.4 Å². The predicted octanol–water partition coefficient (Wildman–Crippen LogP) is -1.52. The van der Waals surface area contributed by atoms with Gasteiger partial charge in [0.2, 0.25) is 17.7 Å². The minimum Gasteiger partial charge on any atom is -0.480 e. The number of carbonyl (C=O) groups is 4. The molecule has 0 fully saturated rings. The van der Waals surface area contributed by atoms with Gasteiger partial charge in [-0.05, 0) is 19.8 Å². The topological polar surface area (TPSA) is 151 Å². The lowest BCUT2D eigenvalue weighted by Gasteiger charge is -2.23. The highest BCUT2D eigenvalue weighted by atomic mass is 32.1. The SMILES string of the molecule is CC(N)C(=O)NC(C)C(=O)NC(CS)C(=O)NC(C(=O)O)C(C)C. The van der Waals surface area contributed by atoms with Gasteiger partial charge >= 0.3 is 5.97 Å². The maximum Gasteiger partial charge on any atom is 0.326 e. The van der Waals surface area contributed by atoms with Gasteiger partial charge in [0.1, 0.15) is 18.1 Å². The Morgan fingerprint density at radius 3 is 1.88 bits per heavy atom. The van der Waals surface area contributed by atoms with Crippen molar-refractivity contribution in [3.63, 3.8) is 0 Å². The van der Waals surface area contributed by atoms with Crippen molar-refractivity contribution < 1.29 is 24.3 Å². The Hall–Kier alpha value is -1.81. The smallest absolute Gasteiger partial charge is 0.326 e. The zero-order chi connectivity index (χ0) is 19.0. The van der Waals surface area contributed by atoms with Gasteiger partial charge in [-0.25, -0.2) is 4.79 Å². The summed E-state index contributed by atoms with van der Waals surface area (Å²) in [7, 11) is 0. The maximum absolute atomic E-state index is 12.1. The fourth-order valence-corrected chi connectivity index (χ4v) is 1.93. The fraction of sp³-hybridized carbons (Fsp3) is 0.714. The first-order chi connectivity index (χ1) is 11.0. The molecule has 0 aromatic rings. The van der Waals surface area contributed by atoms with E-state index in [-0.39, 0.29) is 11.7 Å². The number of thiol groups is 1. The molecule has 9 nitrogen and oxygen atoms in total. The second-order valence-corrected chi connectivity index (χ2v) is 6.20. The Labute approximate surface area is 146 Å². The maximum atomic E-state index is 12.1. The molecule has 0 bridgehead atoms. The molecule has 0 saturated heterocycles. The van der Waals surface area contributed by atoms with Crippen LogP contribution in [0.25, 0.3) is 0 Å². The van der Waals surface area contributed by atoms with Crippen LogP contribution in [0.3, 0.4) is 0 Å². The Balaban J connectivity index is 4.79. The zero-order valence-electron chi connectivity index (χ0n) is 14.2. The van der Waals surface area contributed by atoms with E-state index < -0.39 is 47.9 Å². The lowest BCUT2D eigenvalue weighted by atomic mass is 10.0. The van der Waals surface area contributed by atoms with Gasteiger partial charge in [-0.15, -0.1) is 0 Å². The van der Waals surface area contributed by atoms with Crippen molar-refractivity contribution in [1.29, 1.82) is 0 Å². The number of nitrogens with two attached hydrogens (primary N) is 1. The largest absolute Gasteiger partial charge is 0.480 e. The molecule has 138 valence electrons. The van der Waals surface area contributed by atoms with Crippen LogP contribution < -0.4 is 21.7 Å². The van der Waals surface area contributed by atoms with Crippen LogP contribution in [-0.2, 0) is 19.2 Å². The first-order valence-electron chi connectivity index (χ1n) is 7.51. The lowest BCUT2D eigenvalue weighted by Crippen LogP contribution is -2.57. The van der Waals surface area contributed by atoms with E-state index in [1.807, 2.05) is 0 Å². The van der Waals surface area contributed by atoms with E-state index in [0.717, 1.165) is 0 Å². The number of carbonyl (C=O) groups excluding carboxylic acids is 3. The van der Waals surface area contributed by atoms with Crippen LogP contribution >= 0.6 is 12.6 Å². The molecule has 3 amide bonds. The number of hydrogen-bond acceptors (Lipinski definition) is 6. The first-order valence-corrected chi connectivity index (χ1v) is 8.14. The van der Waals surface area contributed by atoms with Gasteiger partial charge in [0.05, 0.1) is 6.04 Å². The molecule has 10 heteroatoms. The van der Waals surface area contributed by atoms with Crippen molar-refractivity contribution in [1.82, 2.24) is 16.0 Å². The van der Waals surface area contributed by atoms with Gasteiger partial charge in [0, 0.05) is 5.75 Å². The fourth-order valence-electron chi connectivity index (χ4n) is 1.67. The first kappa shape index (κ1) is 22.2. The summed E-state index contributed by atoms with van der Waals surface area (Å²) in [4.78, 5) is 46.8. The molecule has 0 aliphatic rings. The van der Waals surface area contributed by atoms with E-state index >= 15 is 0 Å². The van der Waals surface area contributed by atoms with Crippen LogP contribution in [0, 0.1) is 5.92 Å². The number of nitrogens with one attached hydrogen (secondary N) is 3. The van der Waals surface area contributed by atoms with Crippen molar-refractivity contribution in [3.8, 4) is 0 Å². The minimum absolute atomic E-state index is 0.0318. The molecule has 24 heavy (non-hydrogen) atoms. The van der Waals surface area contributed by atoms with E-state index in [4.69, 9.17) is 10.8 Å². The number of carboxylic acid groups (broad SMARTS) is 1. The van der Waals surface area contributed by atoms with Crippen LogP contribution in [0.15, 0.2) is 0 Å². The highest BCUT2D eigenvalue weighted by Gasteiger charge is 2.29. The third-order valence-electron chi connectivity index (χ3n) is 3.21. The van der Waals surface area contributed by atoms with E-state index in [0.29, 0.717) is 0 Å². The van der Waals surface area contributed by atoms with E-state index in [1.54, 1.807) is 13.8 Å². The second-order valence-electron chi connectivity index (χ2n) is 5.83. The van der Waals surface area contributed by atoms with Gasteiger partial charge in [-0.2, -0.15) is 12.6 Å². The van der Waals surface area contributed by atoms with E-state index in [9.17, 15) is 19.2 Å². The molecule has 4 unspecified atom stereocenters. The molecular weight excluding hydrogens is 336 g/mol. The van der Waals surface area contributed by atoms with Crippen molar-refractivity contribution >= 4 is 36.3 Å². The summed E-state index contributed by atoms with van der Waals surface area (Å²) in [5, 5.41) is 16.3. The average Bonchev–Trinajstić information content (AvgIpc) is 2.48. The van der Waals surface area contributed by atoms with Crippen LogP contribution in [0.4, 0.5) is 0 Å². The van der Waals surface area contributed by atoms with Crippen LogP contribution in [0.1, 0.15) is 27.7 Å². The molecule has 0 aliphatic heterocycles. The number of hydrogen-bond donors (Lipinski definition) is 6. The number of amides is 3. The predicted molar refractivity (Wildman–Crippen MR) is 91.4 cm³/mol. The molecular formula is C14H26N4O5S. The summed E-state index contributed by atoms with van der Waals surface area (Å²) in [5.74, 6) is -3.29. The molecule has 0 saturated carbocycles. The summed E-state index contributed by atoms with van der Waals surface area (Å²) >= 11 is 4.00. The number of aliphatic carboxylic acids is 1. The molecule has 0 aromatic heterocycles. The lowest BCUT2D eigenvalue weighted by molar-refractivity contribution is -0.143. The molecule has 0 radical (unpaired) electrons. The Kier molecular flexibility index (Phi) is 9.37. The molecule has 0 spiro atoms. The summed E-state index contributed by atoms with van der Waals surface area (Å²) < 4.78 is 0. The van der Waals surface area contributed by atoms with Crippen molar-refractivity contribution in [2.45, 2.75) is 51.9 Å². The average molecular weight is 362 g/mol. The zero-order valence-corrected chi connectivity index (χ0v) is 15.1. The molecule has 0 heterocycles. The Morgan fingerprint density at radius 1 is 0.958 bits per heavy atom. The van der Waals surface area contributed by atoms with Crippen molar-refractivity contribution in [2.24, 2.45) is 11.7 Å². The third-order valence-corrected chi connectivity index (χ3v) is 3.58. The van der Waals surface area contributed by atoms with Gasteiger partial charge in [0.25, 0.3) is 0 Å². The molecule has 4 atom stereocenters. The van der Waals surface area contributed by atoms with Gasteiger partial charge in [-0.1, -0.05) is 13.8 Å². The molecule has 0 aliphatic carbocycles. The summed E-state index contributed by atoms with van der Waals surface area (Å²) in [6.07, 6.45) is 0. The Bertz CT molecular complexity index is 484. The van der Waals surface area contributed by atoms with Crippen LogP contribution in [0.5, 0.6) is 0 Å². The van der Waals surface area contributed by atoms with Crippen molar-refractivity contribution in [3.05, 3.63) is 0 Å². The third kappa shape index (κ3) is 7.18. The molecule has 0 aromatic carbocycles. The van der Waals surface area contributed by atoms with E-state index in [2.05, 4.69) is 28.6 Å². The summed E-state index contributed by atoms with van der Waals surface area (Å²) in [5.41, 5.74) is 5.40. The minimum atomic E-state index is -1.17. The molecule has 0 rings (SSSR count). The monoisotopic (exact) mass is 362 g/mol. The Morgan fingerprint density at radius 2 is 1.50 bits per heavy atom. The normalized spacial score (nSPS) is 15.8. The number of carboxylic acids is 1. The quantitative estimate of drug-likeness (QED) is 0.274. The van der Waals surface area contributed by atoms with Crippen LogP contribution in [0.2, 0.25) is 0 Å². The van der Waals surface area contributed by atoms with Crippen LogP contribution in [-0.4, -0.2) is 58.7 Å². The standard InChI is InChI=1S/C14H26N4O5S/c1-6(2)10(14(22)23)18-13(21)9(5-24)17-12(20)8(4)16-11(19)7(3)15/h6-10,24H,5,15H2,1-4H3,(H,16,19)(H,17,20)(H,18,21)(H,22,23). The highest BCUT2D eigenvalue weighted by molar-refractivity contribution is 7.80. The summed E-state index contributed by atoms with van der Waals surface area (Å²) in [6.45, 7) is 6.22.